The van der Waals surface area contributed by atoms with Gasteiger partial charge in [-0.1, -0.05) is 0 Å². The van der Waals surface area contributed by atoms with E-state index >= 15 is 0 Å². The zero-order valence-corrected chi connectivity index (χ0v) is 7.57. The number of rotatable bonds is 1. The summed E-state index contributed by atoms with van der Waals surface area (Å²) >= 11 is 0. The topological polar surface area (TPSA) is 138 Å². The van der Waals surface area contributed by atoms with Crippen LogP contribution in [-0.4, -0.2) is 11.9 Å². The van der Waals surface area contributed by atoms with Crippen LogP contribution in [0.3, 0.4) is 0 Å². The van der Waals surface area contributed by atoms with Crippen LogP contribution in [0.1, 0.15) is 0 Å². The molecule has 9 heteroatoms. The minimum Gasteiger partial charge on any atom is -0.879 e. The minimum atomic E-state index is -4.98. The molecule has 11 heavy (non-hydrogen) atoms. The van der Waals surface area contributed by atoms with Gasteiger partial charge in [0.15, 0.2) is 0 Å². The molecule has 3 radical (unpaired) electrons. The molecule has 0 amide bonds. The quantitative estimate of drug-likeness (QED) is 0.440. The molecule has 0 N–H and O–H groups in total. The summed E-state index contributed by atoms with van der Waals surface area (Å²) in [7, 11) is 0. The van der Waals surface area contributed by atoms with E-state index in [0.29, 0.717) is 0 Å². The van der Waals surface area contributed by atoms with E-state index in [2.05, 4.69) is 0 Å². The zero-order chi connectivity index (χ0) is 7.00. The van der Waals surface area contributed by atoms with Gasteiger partial charge >= 0.3 is 50.3 Å². The molecular formula is C2Co3O6. The van der Waals surface area contributed by atoms with Gasteiger partial charge in [0.1, 0.15) is 0 Å². The summed E-state index contributed by atoms with van der Waals surface area (Å²) in [5, 5.41) is 54.5. The number of hydrogen-bond acceptors (Lipinski definition) is 6. The Kier molecular flexibility index (Phi) is 14.0. The van der Waals surface area contributed by atoms with Gasteiger partial charge in [-0.15, -0.1) is 0 Å². The molecular weight excluding hydrogens is 297 g/mol. The zero-order valence-electron chi connectivity index (χ0n) is 4.45. The van der Waals surface area contributed by atoms with E-state index in [0.717, 1.165) is 0 Å². The van der Waals surface area contributed by atoms with Gasteiger partial charge in [-0.05, 0) is 0 Å². The van der Waals surface area contributed by atoms with Crippen molar-refractivity contribution in [1.82, 2.24) is 0 Å². The molecule has 0 saturated heterocycles. The maximum atomic E-state index is 9.08. The van der Waals surface area contributed by atoms with Gasteiger partial charge < -0.3 is 42.6 Å². The maximum Gasteiger partial charge on any atom is 2.00 e. The first-order chi connectivity index (χ1) is 3.25. The summed E-state index contributed by atoms with van der Waals surface area (Å²) in [4.78, 5) is 0. The van der Waals surface area contributed by atoms with E-state index in [-0.39, 0.29) is 50.3 Å². The second kappa shape index (κ2) is 6.76. The van der Waals surface area contributed by atoms with Crippen LogP contribution in [0, 0.1) is 0 Å². The molecule has 0 aliphatic carbocycles. The van der Waals surface area contributed by atoms with Crippen LogP contribution in [0.5, 0.6) is 0 Å². The normalized spacial score (nSPS) is 10.4. The monoisotopic (exact) mass is 297 g/mol. The van der Waals surface area contributed by atoms with Crippen molar-refractivity contribution in [3.05, 3.63) is 0 Å². The molecule has 0 aliphatic rings. The summed E-state index contributed by atoms with van der Waals surface area (Å²) in [6, 6.07) is 0. The summed E-state index contributed by atoms with van der Waals surface area (Å²) in [6.07, 6.45) is 0. The van der Waals surface area contributed by atoms with E-state index in [9.17, 15) is 0 Å². The van der Waals surface area contributed by atoms with Crippen molar-refractivity contribution in [2.45, 2.75) is 11.9 Å². The second-order valence-electron chi connectivity index (χ2n) is 1.11. The molecule has 0 aliphatic heterocycles. The van der Waals surface area contributed by atoms with Crippen molar-refractivity contribution in [2.24, 2.45) is 0 Å². The Morgan fingerprint density at radius 2 is 0.545 bits per heavy atom. The van der Waals surface area contributed by atoms with Gasteiger partial charge in [-0.2, -0.15) is 0 Å². The molecule has 0 rings (SSSR count). The Hall–Kier alpha value is 1.28. The largest absolute Gasteiger partial charge is 2.00 e. The van der Waals surface area contributed by atoms with Crippen LogP contribution in [0.25, 0.3) is 0 Å². The molecule has 0 heterocycles. The van der Waals surface area contributed by atoms with E-state index in [1.54, 1.807) is 0 Å². The Bertz CT molecular complexity index is 70.8. The van der Waals surface area contributed by atoms with Crippen LogP contribution in [0.15, 0.2) is 0 Å². The summed E-state index contributed by atoms with van der Waals surface area (Å²) in [6.45, 7) is 0. The summed E-state index contributed by atoms with van der Waals surface area (Å²) in [5.74, 6) is -9.96. The molecule has 0 atom stereocenters. The Labute approximate surface area is 92.8 Å². The van der Waals surface area contributed by atoms with Crippen LogP contribution in [0.4, 0.5) is 0 Å². The molecule has 0 fully saturated rings. The van der Waals surface area contributed by atoms with E-state index in [1.807, 2.05) is 0 Å². The average Bonchev–Trinajstić information content (AvgIpc) is 1.25. The first-order valence-electron chi connectivity index (χ1n) is 1.47. The van der Waals surface area contributed by atoms with Crippen molar-refractivity contribution in [3.8, 4) is 0 Å². The van der Waals surface area contributed by atoms with Crippen LogP contribution < -0.4 is 30.6 Å². The third-order valence-electron chi connectivity index (χ3n) is 0.375. The fraction of sp³-hybridized carbons (Fsp3) is 1.00. The average molecular weight is 297 g/mol. The Morgan fingerprint density at radius 1 is 0.455 bits per heavy atom. The first-order valence-corrected chi connectivity index (χ1v) is 1.47. The minimum absolute atomic E-state index is 0. The van der Waals surface area contributed by atoms with E-state index < -0.39 is 11.9 Å². The Balaban J connectivity index is -0.0000000817. The standard InChI is InChI=1S/C2O6.3Co/c3-1(4,5)2(6,7)8;;;/q-6;3*+2. The second-order valence-corrected chi connectivity index (χ2v) is 1.11. The maximum absolute atomic E-state index is 9.08. The summed E-state index contributed by atoms with van der Waals surface area (Å²) < 4.78 is 0. The van der Waals surface area contributed by atoms with Crippen molar-refractivity contribution in [3.63, 3.8) is 0 Å². The molecule has 0 aromatic carbocycles. The van der Waals surface area contributed by atoms with Gasteiger partial charge in [0.25, 0.3) is 0 Å². The molecule has 0 unspecified atom stereocenters. The van der Waals surface area contributed by atoms with Gasteiger partial charge in [0.2, 0.25) is 0 Å². The predicted octanol–water partition coefficient (Wildman–Crippen LogP) is -7.55. The van der Waals surface area contributed by atoms with Gasteiger partial charge in [0, 0.05) is 0 Å². The van der Waals surface area contributed by atoms with Crippen molar-refractivity contribution in [1.29, 1.82) is 0 Å². The smallest absolute Gasteiger partial charge is 0.879 e. The van der Waals surface area contributed by atoms with Crippen LogP contribution in [-0.2, 0) is 50.3 Å². The van der Waals surface area contributed by atoms with Crippen LogP contribution in [0.2, 0.25) is 0 Å². The SMILES string of the molecule is [Co+2].[Co+2].[Co+2].[O-]C([O-])([O-])C([O-])([O-])[O-]. The third-order valence-corrected chi connectivity index (χ3v) is 0.375. The molecule has 71 valence electrons. The molecule has 0 aromatic rings. The fourth-order valence-corrected chi connectivity index (χ4v) is 0. The van der Waals surface area contributed by atoms with Crippen molar-refractivity contribution in [2.75, 3.05) is 0 Å². The first kappa shape index (κ1) is 22.8. The van der Waals surface area contributed by atoms with Gasteiger partial charge in [0.05, 0.1) is 0 Å². The molecule has 0 saturated carbocycles. The Morgan fingerprint density at radius 3 is 0.545 bits per heavy atom. The van der Waals surface area contributed by atoms with Crippen molar-refractivity contribution >= 4 is 0 Å². The van der Waals surface area contributed by atoms with E-state index in [1.165, 1.54) is 0 Å². The molecule has 6 nitrogen and oxygen atoms in total. The molecule has 0 bridgehead atoms. The molecule has 0 aromatic heterocycles. The molecule has 0 spiro atoms. The third kappa shape index (κ3) is 9.19. The number of hydrogen-bond donors (Lipinski definition) is 0. The predicted molar refractivity (Wildman–Crippen MR) is 5.46 cm³/mol. The fourth-order valence-electron chi connectivity index (χ4n) is 0. The van der Waals surface area contributed by atoms with Crippen molar-refractivity contribution < 1.29 is 81.0 Å². The van der Waals surface area contributed by atoms with Crippen LogP contribution >= 0.6 is 0 Å². The van der Waals surface area contributed by atoms with E-state index in [4.69, 9.17) is 30.6 Å². The van der Waals surface area contributed by atoms with Gasteiger partial charge in [-0.3, -0.25) is 0 Å². The van der Waals surface area contributed by atoms with Gasteiger partial charge in [-0.25, -0.2) is 0 Å². The summed E-state index contributed by atoms with van der Waals surface area (Å²) in [5.41, 5.74) is 0.